The van der Waals surface area contributed by atoms with Gasteiger partial charge in [0.25, 0.3) is 0 Å². The number of hydrogen-bond donors (Lipinski definition) is 2. The number of alkyl halides is 6. The molecule has 0 radical (unpaired) electrons. The maximum absolute atomic E-state index is 11.7. The van der Waals surface area contributed by atoms with Gasteiger partial charge in [-0.05, 0) is 25.9 Å². The predicted molar refractivity (Wildman–Crippen MR) is 51.6 cm³/mol. The summed E-state index contributed by atoms with van der Waals surface area (Å²) in [7, 11) is 0. The summed E-state index contributed by atoms with van der Waals surface area (Å²) in [6.45, 7) is 0.392. The van der Waals surface area contributed by atoms with E-state index in [1.54, 1.807) is 0 Å². The summed E-state index contributed by atoms with van der Waals surface area (Å²) in [6.07, 6.45) is -8.13. The average molecular weight is 297 g/mol. The molecule has 4 nitrogen and oxygen atoms in total. The number of hydrogen-bond acceptors (Lipinski definition) is 3. The van der Waals surface area contributed by atoms with E-state index in [0.29, 0.717) is 12.8 Å². The number of piperidine rings is 1. The highest BCUT2D eigenvalue weighted by Crippen LogP contribution is 2.17. The number of carboxylic acid groups (broad SMARTS) is 1. The van der Waals surface area contributed by atoms with Crippen molar-refractivity contribution < 1.29 is 41.0 Å². The Kier molecular flexibility index (Phi) is 7.12. The first-order valence-electron chi connectivity index (χ1n) is 5.21. The molecule has 0 amide bonds. The second-order valence-corrected chi connectivity index (χ2v) is 3.68. The van der Waals surface area contributed by atoms with Gasteiger partial charge in [0, 0.05) is 0 Å². The first-order valence-corrected chi connectivity index (χ1v) is 5.21. The molecular weight excluding hydrogens is 284 g/mol. The van der Waals surface area contributed by atoms with Crippen molar-refractivity contribution in [1.82, 2.24) is 5.32 Å². The zero-order valence-electron chi connectivity index (χ0n) is 9.64. The molecule has 0 aromatic rings. The standard InChI is InChI=1S/C7H12F3NO.C2HF3O2/c8-7(9,10)5-12-6-1-3-11-4-2-6;3-2(4,5)1(6)7/h6,11H,1-5H2;(H,6,7). The third kappa shape index (κ3) is 10.6. The molecule has 1 aliphatic heterocycles. The average Bonchev–Trinajstić information content (AvgIpc) is 2.26. The third-order valence-electron chi connectivity index (χ3n) is 2.01. The number of ether oxygens (including phenoxy) is 1. The van der Waals surface area contributed by atoms with E-state index in [9.17, 15) is 26.3 Å². The van der Waals surface area contributed by atoms with Crippen molar-refractivity contribution >= 4 is 5.97 Å². The molecular formula is C9H13F6NO3. The van der Waals surface area contributed by atoms with Crippen LogP contribution in [0.5, 0.6) is 0 Å². The molecule has 1 heterocycles. The highest BCUT2D eigenvalue weighted by molar-refractivity contribution is 5.73. The normalized spacial score (nSPS) is 17.6. The smallest absolute Gasteiger partial charge is 0.475 e. The Morgan fingerprint density at radius 3 is 1.89 bits per heavy atom. The lowest BCUT2D eigenvalue weighted by molar-refractivity contribution is -0.192. The summed E-state index contributed by atoms with van der Waals surface area (Å²) >= 11 is 0. The van der Waals surface area contributed by atoms with Crippen molar-refractivity contribution in [3.63, 3.8) is 0 Å². The molecule has 0 bridgehead atoms. The minimum atomic E-state index is -5.08. The third-order valence-corrected chi connectivity index (χ3v) is 2.01. The Balaban J connectivity index is 0.000000399. The van der Waals surface area contributed by atoms with Gasteiger partial charge in [0.1, 0.15) is 6.61 Å². The van der Waals surface area contributed by atoms with E-state index in [1.165, 1.54) is 0 Å². The lowest BCUT2D eigenvalue weighted by Crippen LogP contribution is -2.34. The zero-order chi connectivity index (χ0) is 15.1. The van der Waals surface area contributed by atoms with Crippen LogP contribution >= 0.6 is 0 Å². The molecule has 1 rings (SSSR count). The van der Waals surface area contributed by atoms with Crippen LogP contribution in [0, 0.1) is 0 Å². The zero-order valence-corrected chi connectivity index (χ0v) is 9.64. The van der Waals surface area contributed by atoms with Gasteiger partial charge in [-0.2, -0.15) is 26.3 Å². The second-order valence-electron chi connectivity index (χ2n) is 3.68. The van der Waals surface area contributed by atoms with Gasteiger partial charge in [0.15, 0.2) is 0 Å². The fraction of sp³-hybridized carbons (Fsp3) is 0.889. The number of carboxylic acids is 1. The van der Waals surface area contributed by atoms with Crippen LogP contribution in [-0.2, 0) is 9.53 Å². The van der Waals surface area contributed by atoms with E-state index in [0.717, 1.165) is 13.1 Å². The van der Waals surface area contributed by atoms with E-state index >= 15 is 0 Å². The number of carbonyl (C=O) groups is 1. The van der Waals surface area contributed by atoms with E-state index < -0.39 is 24.9 Å². The summed E-state index contributed by atoms with van der Waals surface area (Å²) < 4.78 is 71.4. The molecule has 1 aliphatic rings. The summed E-state index contributed by atoms with van der Waals surface area (Å²) in [6, 6.07) is 0. The van der Waals surface area contributed by atoms with Crippen LogP contribution in [0.1, 0.15) is 12.8 Å². The maximum atomic E-state index is 11.7. The Bertz CT molecular complexity index is 272. The van der Waals surface area contributed by atoms with Crippen LogP contribution in [0.2, 0.25) is 0 Å². The summed E-state index contributed by atoms with van der Waals surface area (Å²) in [4.78, 5) is 8.90. The largest absolute Gasteiger partial charge is 0.490 e. The SMILES string of the molecule is FC(F)(F)COC1CCNCC1.O=C(O)C(F)(F)F. The predicted octanol–water partition coefficient (Wildman–Crippen LogP) is 1.95. The molecule has 1 saturated heterocycles. The van der Waals surface area contributed by atoms with Crippen molar-refractivity contribution in [3.8, 4) is 0 Å². The van der Waals surface area contributed by atoms with E-state index in [4.69, 9.17) is 9.90 Å². The van der Waals surface area contributed by atoms with Crippen LogP contribution in [0.3, 0.4) is 0 Å². The van der Waals surface area contributed by atoms with Crippen molar-refractivity contribution in [2.24, 2.45) is 0 Å². The Hall–Kier alpha value is -1.03. The molecule has 0 atom stereocenters. The molecule has 0 spiro atoms. The quantitative estimate of drug-likeness (QED) is 0.765. The molecule has 0 saturated carbocycles. The summed E-state index contributed by atoms with van der Waals surface area (Å²) in [5, 5.41) is 10.2. The minimum absolute atomic E-state index is 0.215. The van der Waals surface area contributed by atoms with Crippen molar-refractivity contribution in [2.45, 2.75) is 31.3 Å². The highest BCUT2D eigenvalue weighted by atomic mass is 19.4. The molecule has 0 unspecified atom stereocenters. The van der Waals surface area contributed by atoms with Gasteiger partial charge in [-0.1, -0.05) is 0 Å². The summed E-state index contributed by atoms with van der Waals surface area (Å²) in [5.74, 6) is -2.76. The van der Waals surface area contributed by atoms with E-state index in [2.05, 4.69) is 10.1 Å². The first-order chi connectivity index (χ1) is 8.52. The van der Waals surface area contributed by atoms with Gasteiger partial charge in [-0.15, -0.1) is 0 Å². The van der Waals surface area contributed by atoms with Crippen LogP contribution in [-0.4, -0.2) is 49.2 Å². The molecule has 0 aromatic carbocycles. The monoisotopic (exact) mass is 297 g/mol. The Morgan fingerprint density at radius 1 is 1.16 bits per heavy atom. The molecule has 0 aliphatic carbocycles. The summed E-state index contributed by atoms with van der Waals surface area (Å²) in [5.41, 5.74) is 0. The minimum Gasteiger partial charge on any atom is -0.475 e. The van der Waals surface area contributed by atoms with Gasteiger partial charge in [0.05, 0.1) is 6.10 Å². The molecule has 2 N–H and O–H groups in total. The lowest BCUT2D eigenvalue weighted by atomic mass is 10.1. The van der Waals surface area contributed by atoms with Crippen LogP contribution in [0.15, 0.2) is 0 Å². The molecule has 10 heteroatoms. The van der Waals surface area contributed by atoms with Gasteiger partial charge in [0.2, 0.25) is 0 Å². The fourth-order valence-electron chi connectivity index (χ4n) is 1.17. The van der Waals surface area contributed by atoms with Crippen molar-refractivity contribution in [1.29, 1.82) is 0 Å². The molecule has 0 aromatic heterocycles. The van der Waals surface area contributed by atoms with E-state index in [1.807, 2.05) is 0 Å². The number of nitrogens with one attached hydrogen (secondary N) is 1. The number of aliphatic carboxylic acids is 1. The second kappa shape index (κ2) is 7.53. The van der Waals surface area contributed by atoms with Gasteiger partial charge in [-0.3, -0.25) is 0 Å². The Morgan fingerprint density at radius 2 is 1.58 bits per heavy atom. The molecule has 19 heavy (non-hydrogen) atoms. The highest BCUT2D eigenvalue weighted by Gasteiger charge is 2.38. The van der Waals surface area contributed by atoms with Crippen molar-refractivity contribution in [2.75, 3.05) is 19.7 Å². The number of rotatable bonds is 2. The maximum Gasteiger partial charge on any atom is 0.490 e. The Labute approximate surface area is 104 Å². The topological polar surface area (TPSA) is 58.6 Å². The van der Waals surface area contributed by atoms with Crippen LogP contribution < -0.4 is 5.32 Å². The van der Waals surface area contributed by atoms with Crippen LogP contribution in [0.25, 0.3) is 0 Å². The van der Waals surface area contributed by atoms with Crippen LogP contribution in [0.4, 0.5) is 26.3 Å². The van der Waals surface area contributed by atoms with E-state index in [-0.39, 0.29) is 6.10 Å². The first kappa shape index (κ1) is 18.0. The van der Waals surface area contributed by atoms with Gasteiger partial charge >= 0.3 is 18.3 Å². The van der Waals surface area contributed by atoms with Gasteiger partial charge < -0.3 is 15.2 Å². The fourth-order valence-corrected chi connectivity index (χ4v) is 1.17. The number of halogens is 6. The molecule has 114 valence electrons. The molecule has 1 fully saturated rings. The van der Waals surface area contributed by atoms with Crippen molar-refractivity contribution in [3.05, 3.63) is 0 Å². The lowest BCUT2D eigenvalue weighted by Gasteiger charge is -2.23. The van der Waals surface area contributed by atoms with Gasteiger partial charge in [-0.25, -0.2) is 4.79 Å².